The van der Waals surface area contributed by atoms with Gasteiger partial charge in [-0.3, -0.25) is 14.1 Å². The monoisotopic (exact) mass is 564 g/mol. The van der Waals surface area contributed by atoms with Gasteiger partial charge in [0.25, 0.3) is 5.91 Å². The number of amides is 1. The van der Waals surface area contributed by atoms with Crippen LogP contribution in [0.4, 0.5) is 23.2 Å². The van der Waals surface area contributed by atoms with Gasteiger partial charge in [-0.25, -0.2) is 4.39 Å². The number of benzene rings is 2. The maximum atomic E-state index is 14.0. The Bertz CT molecular complexity index is 1670. The lowest BCUT2D eigenvalue weighted by atomic mass is 10.0. The Morgan fingerprint density at radius 2 is 1.93 bits per heavy atom. The number of hydrogen-bond acceptors (Lipinski definition) is 5. The Morgan fingerprint density at radius 1 is 1.12 bits per heavy atom. The number of nitrogens with one attached hydrogen (secondary N) is 1. The molecule has 1 aliphatic rings. The third-order valence-electron chi connectivity index (χ3n) is 7.24. The van der Waals surface area contributed by atoms with E-state index in [1.165, 1.54) is 28.7 Å². The Morgan fingerprint density at radius 3 is 2.66 bits per heavy atom. The minimum absolute atomic E-state index is 0.0452. The van der Waals surface area contributed by atoms with Crippen molar-refractivity contribution in [2.45, 2.75) is 32.1 Å². The van der Waals surface area contributed by atoms with Crippen LogP contribution >= 0.6 is 0 Å². The molecule has 1 unspecified atom stereocenters. The fourth-order valence-electron chi connectivity index (χ4n) is 4.87. The van der Waals surface area contributed by atoms with Crippen molar-refractivity contribution >= 4 is 17.2 Å². The van der Waals surface area contributed by atoms with Crippen molar-refractivity contribution in [3.63, 3.8) is 0 Å². The van der Waals surface area contributed by atoms with E-state index in [1.807, 2.05) is 25.9 Å². The van der Waals surface area contributed by atoms with Gasteiger partial charge in [0.15, 0.2) is 11.5 Å². The highest BCUT2D eigenvalue weighted by atomic mass is 19.4. The first-order valence-electron chi connectivity index (χ1n) is 13.0. The summed E-state index contributed by atoms with van der Waals surface area (Å²) in [4.78, 5) is 17.1. The third-order valence-corrected chi connectivity index (χ3v) is 7.24. The number of aryl methyl sites for hydroxylation is 1. The van der Waals surface area contributed by atoms with Crippen LogP contribution in [0.15, 0.2) is 54.7 Å². The number of fused-ring (bicyclic) bond motifs is 1. The number of aromatic nitrogens is 3. The largest absolute Gasteiger partial charge is 0.416 e. The highest BCUT2D eigenvalue weighted by Crippen LogP contribution is 2.35. The number of hydrogen-bond donors (Lipinski definition) is 1. The maximum Gasteiger partial charge on any atom is 0.416 e. The summed E-state index contributed by atoms with van der Waals surface area (Å²) in [6.07, 6.45) is -2.08. The van der Waals surface area contributed by atoms with Crippen molar-refractivity contribution in [3.05, 3.63) is 94.2 Å². The lowest BCUT2D eigenvalue weighted by molar-refractivity contribution is -0.138. The first-order chi connectivity index (χ1) is 19.5. The molecule has 0 bridgehead atoms. The van der Waals surface area contributed by atoms with Crippen molar-refractivity contribution in [2.24, 2.45) is 0 Å². The standard InChI is InChI=1S/C30H28F4N6O/c1-19-6-7-21(15-20(19)9-11-27-36-37-28-26(31)5-4-13-40(27)28)29(41)35-23-10-8-22(25(16-23)30(32,33)34)17-39-14-12-24(18-39)38(2)3/h4-8,10,13,15-16,24H,12,14,17-18H2,1-3H3,(H,35,41). The molecule has 1 N–H and O–H groups in total. The number of rotatable bonds is 5. The smallest absolute Gasteiger partial charge is 0.322 e. The number of halogens is 4. The fraction of sp³-hybridized carbons (Fsp3) is 0.300. The molecule has 0 spiro atoms. The molecule has 0 radical (unpaired) electrons. The van der Waals surface area contributed by atoms with Gasteiger partial charge in [0.05, 0.1) is 5.56 Å². The molecule has 41 heavy (non-hydrogen) atoms. The zero-order chi connectivity index (χ0) is 29.3. The van der Waals surface area contributed by atoms with Gasteiger partial charge in [-0.15, -0.1) is 10.2 Å². The molecule has 4 aromatic rings. The number of alkyl halides is 3. The van der Waals surface area contributed by atoms with E-state index in [1.54, 1.807) is 24.4 Å². The normalized spacial score (nSPS) is 15.8. The average Bonchev–Trinajstić information content (AvgIpc) is 3.56. The average molecular weight is 565 g/mol. The minimum Gasteiger partial charge on any atom is -0.322 e. The molecule has 1 fully saturated rings. The van der Waals surface area contributed by atoms with Crippen molar-refractivity contribution in [1.82, 2.24) is 24.4 Å². The van der Waals surface area contributed by atoms with Crippen molar-refractivity contribution < 1.29 is 22.4 Å². The maximum absolute atomic E-state index is 14.0. The summed E-state index contributed by atoms with van der Waals surface area (Å²) >= 11 is 0. The van der Waals surface area contributed by atoms with E-state index in [-0.39, 0.29) is 34.8 Å². The first kappa shape index (κ1) is 28.3. The Hall–Kier alpha value is -4.27. The van der Waals surface area contributed by atoms with E-state index < -0.39 is 23.5 Å². The van der Waals surface area contributed by atoms with E-state index in [9.17, 15) is 22.4 Å². The van der Waals surface area contributed by atoms with E-state index in [0.717, 1.165) is 24.6 Å². The van der Waals surface area contributed by atoms with Gasteiger partial charge in [-0.05, 0) is 80.9 Å². The number of nitrogens with zero attached hydrogens (tertiary/aromatic N) is 5. The van der Waals surface area contributed by atoms with E-state index in [2.05, 4.69) is 32.3 Å². The lowest BCUT2D eigenvalue weighted by Crippen LogP contribution is -2.31. The molecule has 3 heterocycles. The SMILES string of the molecule is Cc1ccc(C(=O)Nc2ccc(CN3CCC(N(C)C)C3)c(C(F)(F)F)c2)cc1C#Cc1nnc2c(F)cccn12. The quantitative estimate of drug-likeness (QED) is 0.274. The molecular weight excluding hydrogens is 536 g/mol. The van der Waals surface area contributed by atoms with Crippen molar-refractivity contribution in [1.29, 1.82) is 0 Å². The van der Waals surface area contributed by atoms with Gasteiger partial charge >= 0.3 is 6.18 Å². The van der Waals surface area contributed by atoms with Gasteiger partial charge in [-0.1, -0.05) is 18.1 Å². The van der Waals surface area contributed by atoms with Crippen LogP contribution < -0.4 is 5.32 Å². The van der Waals surface area contributed by atoms with Gasteiger partial charge < -0.3 is 10.2 Å². The van der Waals surface area contributed by atoms with E-state index in [0.29, 0.717) is 18.2 Å². The molecule has 1 amide bonds. The number of likely N-dealkylation sites (tertiary alicyclic amines) is 1. The van der Waals surface area contributed by atoms with Crippen LogP contribution in [0.25, 0.3) is 5.65 Å². The fourth-order valence-corrected chi connectivity index (χ4v) is 4.87. The molecule has 2 aromatic heterocycles. The van der Waals surface area contributed by atoms with E-state index >= 15 is 0 Å². The van der Waals surface area contributed by atoms with Crippen molar-refractivity contribution in [3.8, 4) is 11.8 Å². The molecule has 1 atom stereocenters. The lowest BCUT2D eigenvalue weighted by Gasteiger charge is -2.22. The molecule has 1 saturated heterocycles. The number of anilines is 1. The van der Waals surface area contributed by atoms with Gasteiger partial charge in [0.2, 0.25) is 5.82 Å². The molecular formula is C30H28F4N6O. The van der Waals surface area contributed by atoms with Crippen LogP contribution in [0.1, 0.15) is 44.9 Å². The summed E-state index contributed by atoms with van der Waals surface area (Å²) in [5.74, 6) is 4.90. The highest BCUT2D eigenvalue weighted by Gasteiger charge is 2.35. The second-order valence-corrected chi connectivity index (χ2v) is 10.3. The molecule has 0 saturated carbocycles. The topological polar surface area (TPSA) is 65.8 Å². The molecule has 1 aliphatic heterocycles. The molecule has 7 nitrogen and oxygen atoms in total. The Kier molecular flexibility index (Phi) is 7.80. The number of pyridine rings is 1. The Labute approximate surface area is 234 Å². The van der Waals surface area contributed by atoms with Crippen molar-refractivity contribution in [2.75, 3.05) is 32.5 Å². The molecule has 0 aliphatic carbocycles. The van der Waals surface area contributed by atoms with Crippen LogP contribution in [0.5, 0.6) is 0 Å². The van der Waals surface area contributed by atoms with Crippen LogP contribution in [-0.2, 0) is 12.7 Å². The van der Waals surface area contributed by atoms with Crippen LogP contribution in [0, 0.1) is 24.6 Å². The second-order valence-electron chi connectivity index (χ2n) is 10.3. The Balaban J connectivity index is 1.35. The summed E-state index contributed by atoms with van der Waals surface area (Å²) in [5, 5.41) is 10.3. The second kappa shape index (κ2) is 11.3. The third kappa shape index (κ3) is 6.24. The molecule has 5 rings (SSSR count). The zero-order valence-electron chi connectivity index (χ0n) is 22.8. The van der Waals surface area contributed by atoms with Gasteiger partial charge in [0.1, 0.15) is 0 Å². The molecule has 11 heteroatoms. The summed E-state index contributed by atoms with van der Waals surface area (Å²) in [6.45, 7) is 3.41. The highest BCUT2D eigenvalue weighted by molar-refractivity contribution is 6.04. The summed E-state index contributed by atoms with van der Waals surface area (Å²) in [5.41, 5.74) is 1.00. The number of carbonyl (C=O) groups is 1. The predicted molar refractivity (Wildman–Crippen MR) is 147 cm³/mol. The molecule has 212 valence electrons. The summed E-state index contributed by atoms with van der Waals surface area (Å²) in [6, 6.07) is 11.8. The van der Waals surface area contributed by atoms with E-state index in [4.69, 9.17) is 0 Å². The number of carbonyl (C=O) groups excluding carboxylic acids is 1. The van der Waals surface area contributed by atoms with Gasteiger partial charge in [-0.2, -0.15) is 13.2 Å². The predicted octanol–water partition coefficient (Wildman–Crippen LogP) is 4.98. The summed E-state index contributed by atoms with van der Waals surface area (Å²) in [7, 11) is 3.94. The van der Waals surface area contributed by atoms with Crippen LogP contribution in [0.3, 0.4) is 0 Å². The summed E-state index contributed by atoms with van der Waals surface area (Å²) < 4.78 is 57.3. The van der Waals surface area contributed by atoms with Crippen LogP contribution in [-0.4, -0.2) is 63.5 Å². The van der Waals surface area contributed by atoms with Gasteiger partial charge in [0, 0.05) is 48.7 Å². The first-order valence-corrected chi connectivity index (χ1v) is 13.0. The molecule has 2 aromatic carbocycles. The zero-order valence-corrected chi connectivity index (χ0v) is 22.8. The minimum atomic E-state index is -4.57. The van der Waals surface area contributed by atoms with Crippen LogP contribution in [0.2, 0.25) is 0 Å². The number of likely N-dealkylation sites (N-methyl/N-ethyl adjacent to an activating group) is 1.